The van der Waals surface area contributed by atoms with Crippen LogP contribution in [0.5, 0.6) is 0 Å². The van der Waals surface area contributed by atoms with E-state index in [4.69, 9.17) is 4.74 Å². The fourth-order valence-corrected chi connectivity index (χ4v) is 6.79. The number of carbonyl (C=O) groups excluding carboxylic acids is 3. The third-order valence-corrected chi connectivity index (χ3v) is 8.68. The molecule has 4 aliphatic rings. The molecule has 3 fully saturated rings. The van der Waals surface area contributed by atoms with Crippen LogP contribution in [-0.4, -0.2) is 53.0 Å². The number of amides is 3. The number of rotatable bonds is 7. The number of anilines is 1. The van der Waals surface area contributed by atoms with Crippen molar-refractivity contribution in [1.82, 2.24) is 10.2 Å². The van der Waals surface area contributed by atoms with Crippen LogP contribution >= 0.6 is 0 Å². The molecule has 3 heterocycles. The average molecular weight is 514 g/mol. The lowest BCUT2D eigenvalue weighted by atomic mass is 9.74. The first-order valence-electron chi connectivity index (χ1n) is 13.9. The molecule has 3 unspecified atom stereocenters. The molecule has 3 amide bonds. The SMILES string of the molecule is Cc1ccc(NC(=O)C2[C@@H]3C=CC4(O3)C(C(=O)NC3CCCCC3)N(CCc3ccccc3)C(=O)[C@H]24)cc1. The molecule has 2 aromatic rings. The lowest BCUT2D eigenvalue weighted by Crippen LogP contribution is -2.56. The Bertz CT molecular complexity index is 1240. The van der Waals surface area contributed by atoms with Gasteiger partial charge in [0.1, 0.15) is 11.6 Å². The first-order chi connectivity index (χ1) is 18.5. The molecule has 1 spiro atoms. The van der Waals surface area contributed by atoms with Crippen LogP contribution in [0.25, 0.3) is 0 Å². The molecule has 6 rings (SSSR count). The van der Waals surface area contributed by atoms with Crippen molar-refractivity contribution in [2.24, 2.45) is 11.8 Å². The van der Waals surface area contributed by atoms with Gasteiger partial charge < -0.3 is 20.3 Å². The number of aryl methyl sites for hydroxylation is 1. The van der Waals surface area contributed by atoms with Gasteiger partial charge in [-0.15, -0.1) is 0 Å². The second-order valence-electron chi connectivity index (χ2n) is 11.2. The van der Waals surface area contributed by atoms with Crippen molar-refractivity contribution in [2.45, 2.75) is 69.2 Å². The molecule has 198 valence electrons. The van der Waals surface area contributed by atoms with E-state index in [0.29, 0.717) is 18.7 Å². The standard InChI is InChI=1S/C31H35N3O4/c1-20-12-14-23(15-13-20)32-28(35)25-24-16-18-31(38-24)26(25)30(37)34(19-17-21-8-4-2-5-9-21)27(31)29(36)33-22-10-6-3-7-11-22/h2,4-5,8-9,12-16,18,22,24-27H,3,6-7,10-11,17,19H2,1H3,(H,32,35)(H,33,36)/t24-,25?,26-,27?,31?/m0/s1. The summed E-state index contributed by atoms with van der Waals surface area (Å²) >= 11 is 0. The highest BCUT2D eigenvalue weighted by Crippen LogP contribution is 2.55. The van der Waals surface area contributed by atoms with Crippen molar-refractivity contribution >= 4 is 23.4 Å². The van der Waals surface area contributed by atoms with Gasteiger partial charge in [-0.25, -0.2) is 0 Å². The van der Waals surface area contributed by atoms with Gasteiger partial charge in [-0.2, -0.15) is 0 Å². The summed E-state index contributed by atoms with van der Waals surface area (Å²) < 4.78 is 6.45. The van der Waals surface area contributed by atoms with Gasteiger partial charge in [0.2, 0.25) is 17.7 Å². The van der Waals surface area contributed by atoms with Crippen molar-refractivity contribution < 1.29 is 19.1 Å². The first kappa shape index (κ1) is 24.9. The zero-order chi connectivity index (χ0) is 26.3. The monoisotopic (exact) mass is 513 g/mol. The predicted molar refractivity (Wildman–Crippen MR) is 144 cm³/mol. The van der Waals surface area contributed by atoms with Gasteiger partial charge in [-0.3, -0.25) is 14.4 Å². The summed E-state index contributed by atoms with van der Waals surface area (Å²) in [6.45, 7) is 2.38. The molecule has 0 aromatic heterocycles. The van der Waals surface area contributed by atoms with Gasteiger partial charge in [0.15, 0.2) is 0 Å². The van der Waals surface area contributed by atoms with Gasteiger partial charge in [0, 0.05) is 18.3 Å². The van der Waals surface area contributed by atoms with Crippen molar-refractivity contribution in [3.8, 4) is 0 Å². The van der Waals surface area contributed by atoms with E-state index in [0.717, 1.165) is 36.8 Å². The Morgan fingerprint density at radius 2 is 1.74 bits per heavy atom. The normalized spacial score (nSPS) is 29.9. The summed E-state index contributed by atoms with van der Waals surface area (Å²) in [4.78, 5) is 43.2. The Morgan fingerprint density at radius 1 is 1.00 bits per heavy atom. The molecule has 1 aliphatic carbocycles. The number of nitrogens with one attached hydrogen (secondary N) is 2. The molecule has 2 aromatic carbocycles. The molecule has 7 heteroatoms. The Balaban J connectivity index is 1.29. The van der Waals surface area contributed by atoms with E-state index in [1.807, 2.05) is 73.7 Å². The minimum Gasteiger partial charge on any atom is -0.359 e. The van der Waals surface area contributed by atoms with Crippen LogP contribution < -0.4 is 10.6 Å². The second-order valence-corrected chi connectivity index (χ2v) is 11.2. The van der Waals surface area contributed by atoms with E-state index in [1.165, 1.54) is 6.42 Å². The van der Waals surface area contributed by atoms with Crippen LogP contribution in [0.2, 0.25) is 0 Å². The first-order valence-corrected chi connectivity index (χ1v) is 13.9. The molecular formula is C31H35N3O4. The fourth-order valence-electron chi connectivity index (χ4n) is 6.79. The topological polar surface area (TPSA) is 87.7 Å². The van der Waals surface area contributed by atoms with Crippen molar-refractivity contribution in [3.05, 3.63) is 77.9 Å². The van der Waals surface area contributed by atoms with E-state index >= 15 is 0 Å². The van der Waals surface area contributed by atoms with E-state index < -0.39 is 29.6 Å². The quantitative estimate of drug-likeness (QED) is 0.552. The lowest BCUT2D eigenvalue weighted by Gasteiger charge is -2.34. The van der Waals surface area contributed by atoms with Crippen molar-refractivity contribution in [2.75, 3.05) is 11.9 Å². The van der Waals surface area contributed by atoms with Crippen LogP contribution in [0.1, 0.15) is 43.2 Å². The Morgan fingerprint density at radius 3 is 2.47 bits per heavy atom. The summed E-state index contributed by atoms with van der Waals surface area (Å²) in [7, 11) is 0. The maximum absolute atomic E-state index is 14.1. The Hall–Kier alpha value is -3.45. The minimum atomic E-state index is -1.13. The number of hydrogen-bond donors (Lipinski definition) is 2. The number of carbonyl (C=O) groups is 3. The third kappa shape index (κ3) is 4.33. The number of fused-ring (bicyclic) bond motifs is 1. The third-order valence-electron chi connectivity index (χ3n) is 8.68. The van der Waals surface area contributed by atoms with Crippen LogP contribution in [0.15, 0.2) is 66.7 Å². The smallest absolute Gasteiger partial charge is 0.246 e. The number of ether oxygens (including phenoxy) is 1. The highest BCUT2D eigenvalue weighted by molar-refractivity contribution is 6.02. The minimum absolute atomic E-state index is 0.112. The highest BCUT2D eigenvalue weighted by atomic mass is 16.5. The van der Waals surface area contributed by atoms with Gasteiger partial charge in [-0.05, 0) is 43.9 Å². The van der Waals surface area contributed by atoms with Crippen molar-refractivity contribution in [3.63, 3.8) is 0 Å². The molecule has 2 saturated heterocycles. The van der Waals surface area contributed by atoms with Gasteiger partial charge in [-0.1, -0.05) is 79.4 Å². The summed E-state index contributed by atoms with van der Waals surface area (Å²) in [6.07, 6.45) is 9.12. The van der Waals surface area contributed by atoms with Crippen LogP contribution in [0.4, 0.5) is 5.69 Å². The number of nitrogens with zero attached hydrogens (tertiary/aromatic N) is 1. The van der Waals surface area contributed by atoms with Crippen LogP contribution in [0, 0.1) is 18.8 Å². The van der Waals surface area contributed by atoms with Gasteiger partial charge >= 0.3 is 0 Å². The summed E-state index contributed by atoms with van der Waals surface area (Å²) in [5, 5.41) is 6.23. The van der Waals surface area contributed by atoms with E-state index in [1.54, 1.807) is 4.90 Å². The number of benzene rings is 2. The van der Waals surface area contributed by atoms with E-state index in [9.17, 15) is 14.4 Å². The van der Waals surface area contributed by atoms with Gasteiger partial charge in [0.25, 0.3) is 0 Å². The second kappa shape index (κ2) is 10.0. The fraction of sp³-hybridized carbons (Fsp3) is 0.452. The summed E-state index contributed by atoms with van der Waals surface area (Å²) in [5.41, 5.74) is 1.74. The molecule has 3 aliphatic heterocycles. The molecule has 7 nitrogen and oxygen atoms in total. The van der Waals surface area contributed by atoms with Crippen molar-refractivity contribution in [1.29, 1.82) is 0 Å². The summed E-state index contributed by atoms with van der Waals surface area (Å²) in [5.74, 6) is -2.03. The largest absolute Gasteiger partial charge is 0.359 e. The van der Waals surface area contributed by atoms with E-state index in [2.05, 4.69) is 10.6 Å². The Kier molecular flexibility index (Phi) is 6.56. The maximum Gasteiger partial charge on any atom is 0.246 e. The molecule has 5 atom stereocenters. The summed E-state index contributed by atoms with van der Waals surface area (Å²) in [6, 6.07) is 16.9. The zero-order valence-electron chi connectivity index (χ0n) is 21.8. The van der Waals surface area contributed by atoms with Crippen LogP contribution in [0.3, 0.4) is 0 Å². The average Bonchev–Trinajstić information content (AvgIpc) is 3.57. The molecule has 0 radical (unpaired) electrons. The molecule has 38 heavy (non-hydrogen) atoms. The van der Waals surface area contributed by atoms with Crippen LogP contribution in [-0.2, 0) is 25.5 Å². The lowest BCUT2D eigenvalue weighted by molar-refractivity contribution is -0.141. The predicted octanol–water partition coefficient (Wildman–Crippen LogP) is 3.78. The Labute approximate surface area is 223 Å². The highest BCUT2D eigenvalue weighted by Gasteiger charge is 2.72. The molecule has 1 saturated carbocycles. The number of hydrogen-bond acceptors (Lipinski definition) is 4. The molecular weight excluding hydrogens is 478 g/mol. The zero-order valence-corrected chi connectivity index (χ0v) is 21.8. The molecule has 2 N–H and O–H groups in total. The number of likely N-dealkylation sites (tertiary alicyclic amines) is 1. The maximum atomic E-state index is 14.1. The molecule has 2 bridgehead atoms. The van der Waals surface area contributed by atoms with E-state index in [-0.39, 0.29) is 23.8 Å². The van der Waals surface area contributed by atoms with Gasteiger partial charge in [0.05, 0.1) is 17.9 Å².